The fraction of sp³-hybridized carbons (Fsp3) is 0.538. The molecule has 0 fully saturated rings. The molecule has 1 unspecified atom stereocenters. The molecule has 3 nitrogen and oxygen atoms in total. The fourth-order valence-corrected chi connectivity index (χ4v) is 3.68. The largest absolute Gasteiger partial charge is 0.353 e. The molecule has 0 aliphatic rings. The maximum Gasteiger partial charge on any atom is 0.203 e. The van der Waals surface area contributed by atoms with Crippen LogP contribution in [-0.4, -0.2) is 9.36 Å². The van der Waals surface area contributed by atoms with Gasteiger partial charge >= 0.3 is 0 Å². The van der Waals surface area contributed by atoms with Gasteiger partial charge in [-0.15, -0.1) is 11.3 Å². The molecular weight excluding hydrogens is 262 g/mol. The van der Waals surface area contributed by atoms with Gasteiger partial charge in [-0.25, -0.2) is 4.98 Å². The van der Waals surface area contributed by atoms with Gasteiger partial charge in [0.25, 0.3) is 0 Å². The topological polar surface area (TPSA) is 37.8 Å². The predicted molar refractivity (Wildman–Crippen MR) is 79.8 cm³/mol. The van der Waals surface area contributed by atoms with Crippen LogP contribution in [0, 0.1) is 6.92 Å². The highest BCUT2D eigenvalue weighted by atomic mass is 32.1. The van der Waals surface area contributed by atoms with Crippen molar-refractivity contribution in [2.24, 2.45) is 0 Å². The maximum absolute atomic E-state index is 4.44. The zero-order valence-corrected chi connectivity index (χ0v) is 12.9. The number of hydrogen-bond acceptors (Lipinski definition) is 5. The van der Waals surface area contributed by atoms with Crippen molar-refractivity contribution in [3.8, 4) is 0 Å². The molecule has 18 heavy (non-hydrogen) atoms. The van der Waals surface area contributed by atoms with Crippen molar-refractivity contribution >= 4 is 28.0 Å². The van der Waals surface area contributed by atoms with E-state index in [1.165, 1.54) is 26.9 Å². The molecule has 1 atom stereocenters. The van der Waals surface area contributed by atoms with Crippen LogP contribution in [0.4, 0.5) is 5.13 Å². The number of rotatable bonds is 5. The van der Waals surface area contributed by atoms with Gasteiger partial charge in [0.1, 0.15) is 5.82 Å². The highest BCUT2D eigenvalue weighted by Crippen LogP contribution is 2.29. The molecule has 2 heterocycles. The molecule has 1 N–H and O–H groups in total. The van der Waals surface area contributed by atoms with E-state index in [0.29, 0.717) is 6.04 Å². The van der Waals surface area contributed by atoms with Crippen molar-refractivity contribution < 1.29 is 0 Å². The lowest BCUT2D eigenvalue weighted by Gasteiger charge is -2.09. The molecule has 5 heteroatoms. The Bertz CT molecular complexity index is 516. The van der Waals surface area contributed by atoms with Gasteiger partial charge in [-0.2, -0.15) is 4.37 Å². The Labute approximate surface area is 116 Å². The Hall–Kier alpha value is -0.940. The number of thiophene rings is 1. The van der Waals surface area contributed by atoms with E-state index in [-0.39, 0.29) is 0 Å². The highest BCUT2D eigenvalue weighted by molar-refractivity contribution is 7.12. The number of anilines is 1. The minimum absolute atomic E-state index is 0.298. The zero-order chi connectivity index (χ0) is 13.1. The van der Waals surface area contributed by atoms with Crippen molar-refractivity contribution in [1.29, 1.82) is 0 Å². The van der Waals surface area contributed by atoms with E-state index in [4.69, 9.17) is 0 Å². The van der Waals surface area contributed by atoms with Crippen LogP contribution in [0.15, 0.2) is 6.07 Å². The molecular formula is C13H19N3S2. The van der Waals surface area contributed by atoms with Crippen LogP contribution in [0.5, 0.6) is 0 Å². The molecule has 0 bridgehead atoms. The van der Waals surface area contributed by atoms with E-state index in [2.05, 4.69) is 48.4 Å². The van der Waals surface area contributed by atoms with Crippen LogP contribution >= 0.6 is 22.9 Å². The summed E-state index contributed by atoms with van der Waals surface area (Å²) in [5.74, 6) is 0.923. The quantitative estimate of drug-likeness (QED) is 0.892. The van der Waals surface area contributed by atoms with E-state index < -0.39 is 0 Å². The van der Waals surface area contributed by atoms with E-state index in [1.807, 2.05) is 11.3 Å². The smallest absolute Gasteiger partial charge is 0.203 e. The number of nitrogens with zero attached hydrogens (tertiary/aromatic N) is 2. The van der Waals surface area contributed by atoms with Crippen molar-refractivity contribution in [1.82, 2.24) is 9.36 Å². The summed E-state index contributed by atoms with van der Waals surface area (Å²) in [4.78, 5) is 7.29. The summed E-state index contributed by atoms with van der Waals surface area (Å²) in [6.07, 6.45) is 2.01. The highest BCUT2D eigenvalue weighted by Gasteiger charge is 2.12. The number of aromatic nitrogens is 2. The summed E-state index contributed by atoms with van der Waals surface area (Å²) in [5, 5.41) is 4.35. The van der Waals surface area contributed by atoms with E-state index in [1.54, 1.807) is 0 Å². The first kappa shape index (κ1) is 13.5. The molecule has 2 aromatic heterocycles. The second-order valence-electron chi connectivity index (χ2n) is 4.34. The Kier molecular flexibility index (Phi) is 4.35. The van der Waals surface area contributed by atoms with Gasteiger partial charge < -0.3 is 5.32 Å². The first-order valence-electron chi connectivity index (χ1n) is 6.32. The lowest BCUT2D eigenvalue weighted by molar-refractivity contribution is 0.896. The number of nitrogens with one attached hydrogen (secondary N) is 1. The minimum Gasteiger partial charge on any atom is -0.353 e. The first-order valence-corrected chi connectivity index (χ1v) is 7.91. The van der Waals surface area contributed by atoms with Crippen molar-refractivity contribution in [3.63, 3.8) is 0 Å². The van der Waals surface area contributed by atoms with Crippen LogP contribution in [0.25, 0.3) is 0 Å². The summed E-state index contributed by atoms with van der Waals surface area (Å²) >= 11 is 3.34. The Balaban J connectivity index is 2.08. The van der Waals surface area contributed by atoms with Crippen LogP contribution < -0.4 is 5.32 Å². The maximum atomic E-state index is 4.44. The van der Waals surface area contributed by atoms with Crippen LogP contribution in [0.3, 0.4) is 0 Å². The van der Waals surface area contributed by atoms with Crippen LogP contribution in [0.2, 0.25) is 0 Å². The normalized spacial score (nSPS) is 12.7. The van der Waals surface area contributed by atoms with Gasteiger partial charge in [0.15, 0.2) is 0 Å². The molecule has 0 amide bonds. The monoisotopic (exact) mass is 281 g/mol. The summed E-state index contributed by atoms with van der Waals surface area (Å²) in [7, 11) is 0. The lowest BCUT2D eigenvalue weighted by atomic mass is 10.2. The van der Waals surface area contributed by atoms with Gasteiger partial charge in [-0.3, -0.25) is 0 Å². The van der Waals surface area contributed by atoms with E-state index in [9.17, 15) is 0 Å². The minimum atomic E-state index is 0.298. The van der Waals surface area contributed by atoms with E-state index >= 15 is 0 Å². The molecule has 0 aliphatic heterocycles. The fourth-order valence-electron chi connectivity index (χ4n) is 1.82. The average molecular weight is 281 g/mol. The Morgan fingerprint density at radius 1 is 1.33 bits per heavy atom. The van der Waals surface area contributed by atoms with Gasteiger partial charge in [-0.05, 0) is 31.9 Å². The second-order valence-corrected chi connectivity index (χ2v) is 6.26. The third-order valence-electron chi connectivity index (χ3n) is 2.91. The molecule has 0 radical (unpaired) electrons. The van der Waals surface area contributed by atoms with Gasteiger partial charge in [0.2, 0.25) is 5.13 Å². The predicted octanol–water partition coefficient (Wildman–Crippen LogP) is 4.21. The summed E-state index contributed by atoms with van der Waals surface area (Å²) in [6, 6.07) is 2.58. The van der Waals surface area contributed by atoms with Crippen molar-refractivity contribution in [2.45, 2.75) is 46.6 Å². The standard InChI is InChI=1S/C13H19N3S2/c1-5-10-8(3)7-11(17-10)9(4)14-13-15-12(6-2)16-18-13/h7,9H,5-6H2,1-4H3,(H,14,15,16). The molecule has 2 rings (SSSR count). The van der Waals surface area contributed by atoms with Crippen LogP contribution in [-0.2, 0) is 12.8 Å². The van der Waals surface area contributed by atoms with Crippen LogP contribution in [0.1, 0.15) is 48.0 Å². The third-order valence-corrected chi connectivity index (χ3v) is 5.16. The van der Waals surface area contributed by atoms with Crippen molar-refractivity contribution in [3.05, 3.63) is 27.2 Å². The van der Waals surface area contributed by atoms with Gasteiger partial charge in [-0.1, -0.05) is 13.8 Å². The zero-order valence-electron chi connectivity index (χ0n) is 11.3. The van der Waals surface area contributed by atoms with Gasteiger partial charge in [0.05, 0.1) is 6.04 Å². The molecule has 0 spiro atoms. The summed E-state index contributed by atoms with van der Waals surface area (Å²) in [5.41, 5.74) is 1.40. The molecule has 0 aromatic carbocycles. The van der Waals surface area contributed by atoms with Crippen molar-refractivity contribution in [2.75, 3.05) is 5.32 Å². The number of aryl methyl sites for hydroxylation is 3. The first-order chi connectivity index (χ1) is 8.63. The Morgan fingerprint density at radius 2 is 2.11 bits per heavy atom. The average Bonchev–Trinajstić information content (AvgIpc) is 2.95. The second kappa shape index (κ2) is 5.80. The number of hydrogen-bond donors (Lipinski definition) is 1. The summed E-state index contributed by atoms with van der Waals surface area (Å²) < 4.78 is 4.29. The lowest BCUT2D eigenvalue weighted by Crippen LogP contribution is -2.04. The third kappa shape index (κ3) is 2.90. The summed E-state index contributed by atoms with van der Waals surface area (Å²) in [6.45, 7) is 8.65. The Morgan fingerprint density at radius 3 is 2.67 bits per heavy atom. The SMILES string of the molecule is CCc1nsc(NC(C)c2cc(C)c(CC)s2)n1. The van der Waals surface area contributed by atoms with E-state index in [0.717, 1.165) is 23.8 Å². The molecule has 0 saturated carbocycles. The molecule has 98 valence electrons. The molecule has 2 aromatic rings. The molecule has 0 saturated heterocycles. The van der Waals surface area contributed by atoms with Gasteiger partial charge in [0, 0.05) is 27.7 Å². The molecule has 0 aliphatic carbocycles.